The summed E-state index contributed by atoms with van der Waals surface area (Å²) >= 11 is 0. The molecule has 27 heavy (non-hydrogen) atoms. The monoisotopic (exact) mass is 361 g/mol. The van der Waals surface area contributed by atoms with E-state index in [-0.39, 0.29) is 11.8 Å². The zero-order valence-corrected chi connectivity index (χ0v) is 15.5. The summed E-state index contributed by atoms with van der Waals surface area (Å²) in [7, 11) is 2.06. The molecule has 1 aromatic carbocycles. The second-order valence-electron chi connectivity index (χ2n) is 7.45. The molecule has 0 spiro atoms. The molecule has 1 aromatic heterocycles. The molecule has 1 atom stereocenters. The number of aromatic nitrogens is 1. The van der Waals surface area contributed by atoms with E-state index >= 15 is 0 Å². The van der Waals surface area contributed by atoms with Crippen molar-refractivity contribution in [3.8, 4) is 17.3 Å². The maximum atomic E-state index is 12.8. The number of piperidine rings is 1. The van der Waals surface area contributed by atoms with E-state index in [4.69, 9.17) is 0 Å². The van der Waals surface area contributed by atoms with Gasteiger partial charge in [-0.15, -0.1) is 0 Å². The number of pyridine rings is 1. The molecule has 1 amide bonds. The third-order valence-electron chi connectivity index (χ3n) is 5.43. The number of hydrogen-bond acceptors (Lipinski definition) is 5. The molecule has 1 saturated heterocycles. The summed E-state index contributed by atoms with van der Waals surface area (Å²) < 4.78 is 0. The summed E-state index contributed by atoms with van der Waals surface area (Å²) in [5.74, 6) is 0.100. The van der Waals surface area contributed by atoms with E-state index in [0.29, 0.717) is 13.1 Å². The molecular weight excluding hydrogens is 338 g/mol. The molecule has 0 bridgehead atoms. The summed E-state index contributed by atoms with van der Waals surface area (Å²) in [4.78, 5) is 20.9. The minimum Gasteiger partial charge on any atom is -0.326 e. The summed E-state index contributed by atoms with van der Waals surface area (Å²) in [5, 5.41) is 12.4. The summed E-state index contributed by atoms with van der Waals surface area (Å²) in [6.07, 6.45) is 7.79. The fraction of sp³-hybridized carbons (Fsp3) is 0.381. The number of carbonyl (C=O) groups is 1. The van der Waals surface area contributed by atoms with Crippen molar-refractivity contribution in [2.75, 3.05) is 25.5 Å². The number of nitrogens with zero attached hydrogens (tertiary/aromatic N) is 4. The van der Waals surface area contributed by atoms with Crippen molar-refractivity contribution in [1.29, 1.82) is 5.26 Å². The highest BCUT2D eigenvalue weighted by Crippen LogP contribution is 2.35. The molecule has 0 unspecified atom stereocenters. The van der Waals surface area contributed by atoms with Crippen LogP contribution in [0.2, 0.25) is 0 Å². The van der Waals surface area contributed by atoms with E-state index in [2.05, 4.69) is 28.4 Å². The highest BCUT2D eigenvalue weighted by molar-refractivity contribution is 5.94. The smallest absolute Gasteiger partial charge is 0.228 e. The normalized spacial score (nSPS) is 19.4. The van der Waals surface area contributed by atoms with E-state index in [0.717, 1.165) is 53.9 Å². The number of likely N-dealkylation sites (tertiary alicyclic amines) is 1. The predicted molar refractivity (Wildman–Crippen MR) is 103 cm³/mol. The lowest BCUT2D eigenvalue weighted by Gasteiger charge is -2.28. The molecule has 6 heteroatoms. The number of carbonyl (C=O) groups excluding carboxylic acids is 1. The zero-order chi connectivity index (χ0) is 18.8. The Kier molecular flexibility index (Phi) is 4.78. The summed E-state index contributed by atoms with van der Waals surface area (Å²) in [6.45, 7) is 3.03. The molecule has 3 heterocycles. The van der Waals surface area contributed by atoms with Crippen molar-refractivity contribution in [1.82, 2.24) is 14.8 Å². The zero-order valence-electron chi connectivity index (χ0n) is 15.5. The average molecular weight is 361 g/mol. The van der Waals surface area contributed by atoms with E-state index in [1.165, 1.54) is 0 Å². The minimum absolute atomic E-state index is 0.0226. The van der Waals surface area contributed by atoms with Gasteiger partial charge in [-0.2, -0.15) is 5.26 Å². The number of amides is 1. The van der Waals surface area contributed by atoms with Crippen LogP contribution in [0.25, 0.3) is 11.1 Å². The molecule has 0 saturated carbocycles. The summed E-state index contributed by atoms with van der Waals surface area (Å²) in [6, 6.07) is 7.94. The Balaban J connectivity index is 1.64. The molecule has 1 fully saturated rings. The minimum atomic E-state index is 0.0226. The van der Waals surface area contributed by atoms with Gasteiger partial charge in [-0.1, -0.05) is 6.07 Å². The number of anilines is 1. The quantitative estimate of drug-likeness (QED) is 0.851. The number of nitriles is 1. The van der Waals surface area contributed by atoms with Gasteiger partial charge in [0.1, 0.15) is 0 Å². The van der Waals surface area contributed by atoms with Gasteiger partial charge in [-0.05, 0) is 61.3 Å². The van der Waals surface area contributed by atoms with Crippen LogP contribution in [-0.4, -0.2) is 40.8 Å². The lowest BCUT2D eigenvalue weighted by Crippen LogP contribution is -2.38. The number of hydrogen-bond donors (Lipinski definition) is 1. The molecule has 0 radical (unpaired) electrons. The van der Waals surface area contributed by atoms with Crippen molar-refractivity contribution in [2.24, 2.45) is 5.92 Å². The number of benzene rings is 1. The second-order valence-corrected chi connectivity index (χ2v) is 7.45. The molecule has 1 N–H and O–H groups in total. The van der Waals surface area contributed by atoms with Crippen LogP contribution in [0.3, 0.4) is 0 Å². The van der Waals surface area contributed by atoms with Gasteiger partial charge >= 0.3 is 0 Å². The van der Waals surface area contributed by atoms with E-state index in [1.54, 1.807) is 11.1 Å². The number of rotatable bonds is 3. The SMILES string of the molecule is CN1CCC[C@@H](C(=O)Nc2cc3c(c(-c4cccnc4)c2)CN(C#N)C3)C1. The maximum absolute atomic E-state index is 12.8. The molecule has 2 aliphatic rings. The molecule has 4 rings (SSSR count). The fourth-order valence-electron chi connectivity index (χ4n) is 4.06. The molecule has 2 aromatic rings. The van der Waals surface area contributed by atoms with Gasteiger partial charge in [-0.25, -0.2) is 0 Å². The third kappa shape index (κ3) is 3.64. The van der Waals surface area contributed by atoms with Crippen molar-refractivity contribution < 1.29 is 4.79 Å². The van der Waals surface area contributed by atoms with Crippen LogP contribution in [0.5, 0.6) is 0 Å². The van der Waals surface area contributed by atoms with Gasteiger partial charge in [0.25, 0.3) is 0 Å². The molecular formula is C21H23N5O. The van der Waals surface area contributed by atoms with Crippen LogP contribution in [-0.2, 0) is 17.9 Å². The predicted octanol–water partition coefficient (Wildman–Crippen LogP) is 2.83. The van der Waals surface area contributed by atoms with Crippen molar-refractivity contribution in [3.63, 3.8) is 0 Å². The first-order chi connectivity index (χ1) is 13.1. The van der Waals surface area contributed by atoms with Crippen LogP contribution in [0.15, 0.2) is 36.7 Å². The first-order valence-corrected chi connectivity index (χ1v) is 9.34. The van der Waals surface area contributed by atoms with Crippen LogP contribution in [0, 0.1) is 17.4 Å². The van der Waals surface area contributed by atoms with Crippen molar-refractivity contribution in [2.45, 2.75) is 25.9 Å². The van der Waals surface area contributed by atoms with Crippen LogP contribution in [0.1, 0.15) is 24.0 Å². The highest BCUT2D eigenvalue weighted by atomic mass is 16.1. The first-order valence-electron chi connectivity index (χ1n) is 9.34. The van der Waals surface area contributed by atoms with Gasteiger partial charge in [0, 0.05) is 30.2 Å². The Morgan fingerprint density at radius 2 is 2.26 bits per heavy atom. The molecule has 2 aliphatic heterocycles. The highest BCUT2D eigenvalue weighted by Gasteiger charge is 2.26. The van der Waals surface area contributed by atoms with E-state index < -0.39 is 0 Å². The second kappa shape index (κ2) is 7.37. The Hall–Kier alpha value is -2.91. The van der Waals surface area contributed by atoms with Crippen molar-refractivity contribution >= 4 is 11.6 Å². The Morgan fingerprint density at radius 1 is 1.37 bits per heavy atom. The Bertz CT molecular complexity index is 889. The fourth-order valence-corrected chi connectivity index (χ4v) is 4.06. The largest absolute Gasteiger partial charge is 0.326 e. The number of fused-ring (bicyclic) bond motifs is 1. The maximum Gasteiger partial charge on any atom is 0.228 e. The van der Waals surface area contributed by atoms with Gasteiger partial charge in [0.15, 0.2) is 6.19 Å². The number of nitrogens with one attached hydrogen (secondary N) is 1. The topological polar surface area (TPSA) is 72.3 Å². The van der Waals surface area contributed by atoms with Gasteiger partial charge < -0.3 is 15.1 Å². The van der Waals surface area contributed by atoms with Crippen LogP contribution in [0.4, 0.5) is 5.69 Å². The third-order valence-corrected chi connectivity index (χ3v) is 5.43. The van der Waals surface area contributed by atoms with E-state index in [9.17, 15) is 10.1 Å². The molecule has 0 aliphatic carbocycles. The van der Waals surface area contributed by atoms with Gasteiger partial charge in [0.2, 0.25) is 5.91 Å². The lowest BCUT2D eigenvalue weighted by atomic mass is 9.95. The standard InChI is InChI=1S/C21H23N5O/c1-25-7-3-5-16(11-25)21(27)24-18-8-17-12-26(14-22)13-20(17)19(9-18)15-4-2-6-23-10-15/h2,4,6,8-10,16H,3,5,7,11-13H2,1H3,(H,24,27)/t16-/m1/s1. The van der Waals surface area contributed by atoms with Crippen molar-refractivity contribution in [3.05, 3.63) is 47.8 Å². The average Bonchev–Trinajstić information content (AvgIpc) is 3.11. The summed E-state index contributed by atoms with van der Waals surface area (Å²) in [5.41, 5.74) is 5.07. The Morgan fingerprint density at radius 3 is 3.00 bits per heavy atom. The van der Waals surface area contributed by atoms with Crippen LogP contribution >= 0.6 is 0 Å². The Labute approximate surface area is 159 Å². The van der Waals surface area contributed by atoms with Gasteiger partial charge in [-0.3, -0.25) is 9.78 Å². The van der Waals surface area contributed by atoms with Crippen LogP contribution < -0.4 is 5.32 Å². The van der Waals surface area contributed by atoms with E-state index in [1.807, 2.05) is 30.5 Å². The van der Waals surface area contributed by atoms with Gasteiger partial charge in [0.05, 0.1) is 19.0 Å². The first kappa shape index (κ1) is 17.5. The lowest BCUT2D eigenvalue weighted by molar-refractivity contribution is -0.121. The molecule has 138 valence electrons. The molecule has 6 nitrogen and oxygen atoms in total.